The van der Waals surface area contributed by atoms with Crippen LogP contribution < -0.4 is 10.1 Å². The summed E-state index contributed by atoms with van der Waals surface area (Å²) in [5.74, 6) is -1.21. The summed E-state index contributed by atoms with van der Waals surface area (Å²) in [4.78, 5) is 11.0. The molecule has 0 aliphatic heterocycles. The van der Waals surface area contributed by atoms with Crippen LogP contribution in [0.4, 0.5) is 4.39 Å². The molecule has 106 valence electrons. The number of ether oxygens (including phenoxy) is 1. The van der Waals surface area contributed by atoms with Gasteiger partial charge in [0.15, 0.2) is 6.10 Å². The van der Waals surface area contributed by atoms with Gasteiger partial charge < -0.3 is 15.2 Å². The van der Waals surface area contributed by atoms with Gasteiger partial charge in [-0.1, -0.05) is 19.9 Å². The summed E-state index contributed by atoms with van der Waals surface area (Å²) < 4.78 is 18.7. The Balaban J connectivity index is 3.02. The van der Waals surface area contributed by atoms with Crippen molar-refractivity contribution in [3.63, 3.8) is 0 Å². The lowest BCUT2D eigenvalue weighted by Crippen LogP contribution is -2.27. The fraction of sp³-hybridized carbons (Fsp3) is 0.500. The summed E-state index contributed by atoms with van der Waals surface area (Å²) in [6.45, 7) is 6.36. The fourth-order valence-electron chi connectivity index (χ4n) is 1.85. The van der Waals surface area contributed by atoms with Crippen LogP contribution in [0.2, 0.25) is 0 Å². The second kappa shape index (κ2) is 7.09. The number of carboxylic acid groups (broad SMARTS) is 1. The average molecular weight is 269 g/mol. The van der Waals surface area contributed by atoms with E-state index in [1.165, 1.54) is 12.1 Å². The Morgan fingerprint density at radius 2 is 2.16 bits per heavy atom. The van der Waals surface area contributed by atoms with Gasteiger partial charge in [-0.25, -0.2) is 9.18 Å². The minimum Gasteiger partial charge on any atom is -0.479 e. The van der Waals surface area contributed by atoms with E-state index in [2.05, 4.69) is 5.32 Å². The molecule has 1 aromatic rings. The zero-order valence-corrected chi connectivity index (χ0v) is 11.4. The molecule has 0 aliphatic rings. The minimum atomic E-state index is -1.05. The third-order valence-corrected chi connectivity index (χ3v) is 2.87. The Labute approximate surface area is 112 Å². The number of benzene rings is 1. The van der Waals surface area contributed by atoms with Gasteiger partial charge in [-0.15, -0.1) is 0 Å². The number of nitrogens with one attached hydrogen (secondary N) is 1. The highest BCUT2D eigenvalue weighted by molar-refractivity contribution is 5.72. The van der Waals surface area contributed by atoms with Crippen molar-refractivity contribution in [2.75, 3.05) is 6.54 Å². The van der Waals surface area contributed by atoms with Crippen LogP contribution >= 0.6 is 0 Å². The Morgan fingerprint density at radius 3 is 2.68 bits per heavy atom. The maximum absolute atomic E-state index is 13.3. The Morgan fingerprint density at radius 1 is 1.47 bits per heavy atom. The lowest BCUT2D eigenvalue weighted by Gasteiger charge is -2.20. The number of carboxylic acids is 1. The van der Waals surface area contributed by atoms with Crippen molar-refractivity contribution in [2.24, 2.45) is 0 Å². The highest BCUT2D eigenvalue weighted by atomic mass is 19.1. The molecular formula is C14H20FNO3. The van der Waals surface area contributed by atoms with Gasteiger partial charge in [-0.3, -0.25) is 0 Å². The van der Waals surface area contributed by atoms with Gasteiger partial charge in [0.2, 0.25) is 0 Å². The molecule has 0 amide bonds. The van der Waals surface area contributed by atoms with Gasteiger partial charge in [-0.05, 0) is 26.0 Å². The van der Waals surface area contributed by atoms with Crippen LogP contribution in [0.15, 0.2) is 18.2 Å². The zero-order valence-electron chi connectivity index (χ0n) is 11.4. The standard InChI is InChI=1S/C14H20FNO3/c1-4-12(14(17)18)19-13-8-10(15)6-7-11(13)9(3)16-5-2/h6-9,12,16H,4-5H2,1-3H3,(H,17,18). The first-order chi connectivity index (χ1) is 8.99. The number of halogens is 1. The normalized spacial score (nSPS) is 13.9. The van der Waals surface area contributed by atoms with Crippen LogP contribution in [0.3, 0.4) is 0 Å². The molecule has 1 aromatic carbocycles. The summed E-state index contributed by atoms with van der Waals surface area (Å²) in [6.07, 6.45) is -0.643. The highest BCUT2D eigenvalue weighted by Crippen LogP contribution is 2.27. The quantitative estimate of drug-likeness (QED) is 0.799. The van der Waals surface area contributed by atoms with E-state index in [-0.39, 0.29) is 11.8 Å². The van der Waals surface area contributed by atoms with Crippen LogP contribution in [-0.2, 0) is 4.79 Å². The lowest BCUT2D eigenvalue weighted by molar-refractivity contribution is -0.145. The molecule has 0 radical (unpaired) electrons. The summed E-state index contributed by atoms with van der Waals surface area (Å²) in [6, 6.07) is 4.16. The summed E-state index contributed by atoms with van der Waals surface area (Å²) in [7, 11) is 0. The number of hydrogen-bond acceptors (Lipinski definition) is 3. The maximum atomic E-state index is 13.3. The number of aliphatic carboxylic acids is 1. The molecule has 0 aromatic heterocycles. The van der Waals surface area contributed by atoms with E-state index in [0.29, 0.717) is 6.42 Å². The second-order valence-corrected chi connectivity index (χ2v) is 4.31. The lowest BCUT2D eigenvalue weighted by atomic mass is 10.1. The summed E-state index contributed by atoms with van der Waals surface area (Å²) in [5, 5.41) is 12.2. The molecule has 19 heavy (non-hydrogen) atoms. The Bertz CT molecular complexity index is 437. The fourth-order valence-corrected chi connectivity index (χ4v) is 1.85. The molecule has 0 saturated carbocycles. The predicted molar refractivity (Wildman–Crippen MR) is 70.8 cm³/mol. The number of hydrogen-bond donors (Lipinski definition) is 2. The van der Waals surface area contributed by atoms with Gasteiger partial charge >= 0.3 is 5.97 Å². The van der Waals surface area contributed by atoms with Crippen LogP contribution in [0.1, 0.15) is 38.8 Å². The van der Waals surface area contributed by atoms with E-state index in [4.69, 9.17) is 9.84 Å². The monoisotopic (exact) mass is 269 g/mol. The first-order valence-corrected chi connectivity index (χ1v) is 6.41. The third-order valence-electron chi connectivity index (χ3n) is 2.87. The topological polar surface area (TPSA) is 58.6 Å². The molecule has 0 saturated heterocycles. The number of carbonyl (C=O) groups is 1. The van der Waals surface area contributed by atoms with Crippen molar-refractivity contribution in [1.82, 2.24) is 5.32 Å². The van der Waals surface area contributed by atoms with Gasteiger partial charge in [-0.2, -0.15) is 0 Å². The molecule has 4 nitrogen and oxygen atoms in total. The van der Waals surface area contributed by atoms with E-state index in [9.17, 15) is 9.18 Å². The first kappa shape index (κ1) is 15.4. The van der Waals surface area contributed by atoms with Gasteiger partial charge in [0, 0.05) is 17.7 Å². The van der Waals surface area contributed by atoms with Gasteiger partial charge in [0.05, 0.1) is 0 Å². The van der Waals surface area contributed by atoms with E-state index in [0.717, 1.165) is 12.1 Å². The highest BCUT2D eigenvalue weighted by Gasteiger charge is 2.20. The molecule has 5 heteroatoms. The SMILES string of the molecule is CCNC(C)c1ccc(F)cc1OC(CC)C(=O)O. The van der Waals surface area contributed by atoms with Gasteiger partial charge in [0.1, 0.15) is 11.6 Å². The molecule has 0 spiro atoms. The molecule has 1 rings (SSSR count). The van der Waals surface area contributed by atoms with Crippen molar-refractivity contribution in [3.8, 4) is 5.75 Å². The van der Waals surface area contributed by atoms with E-state index >= 15 is 0 Å². The largest absolute Gasteiger partial charge is 0.479 e. The predicted octanol–water partition coefficient (Wildman–Crippen LogP) is 2.74. The summed E-state index contributed by atoms with van der Waals surface area (Å²) >= 11 is 0. The molecule has 2 atom stereocenters. The molecule has 0 fully saturated rings. The Kier molecular flexibility index (Phi) is 5.76. The molecular weight excluding hydrogens is 249 g/mol. The molecule has 2 N–H and O–H groups in total. The zero-order chi connectivity index (χ0) is 14.4. The van der Waals surface area contributed by atoms with E-state index in [1.807, 2.05) is 13.8 Å². The maximum Gasteiger partial charge on any atom is 0.344 e. The molecule has 0 bridgehead atoms. The van der Waals surface area contributed by atoms with Crippen LogP contribution in [0, 0.1) is 5.82 Å². The van der Waals surface area contributed by atoms with Crippen molar-refractivity contribution in [1.29, 1.82) is 0 Å². The molecule has 2 unspecified atom stereocenters. The van der Waals surface area contributed by atoms with Crippen molar-refractivity contribution in [2.45, 2.75) is 39.3 Å². The Hall–Kier alpha value is -1.62. The van der Waals surface area contributed by atoms with Crippen molar-refractivity contribution >= 4 is 5.97 Å². The summed E-state index contributed by atoms with van der Waals surface area (Å²) in [5.41, 5.74) is 0.753. The molecule has 0 aliphatic carbocycles. The van der Waals surface area contributed by atoms with E-state index in [1.54, 1.807) is 13.0 Å². The van der Waals surface area contributed by atoms with Crippen molar-refractivity contribution < 1.29 is 19.0 Å². The average Bonchev–Trinajstić information content (AvgIpc) is 2.35. The smallest absolute Gasteiger partial charge is 0.344 e. The third kappa shape index (κ3) is 4.21. The van der Waals surface area contributed by atoms with Crippen LogP contribution in [0.25, 0.3) is 0 Å². The minimum absolute atomic E-state index is 0.0353. The van der Waals surface area contributed by atoms with E-state index < -0.39 is 17.9 Å². The van der Waals surface area contributed by atoms with Gasteiger partial charge in [0.25, 0.3) is 0 Å². The molecule has 0 heterocycles. The van der Waals surface area contributed by atoms with Crippen molar-refractivity contribution in [3.05, 3.63) is 29.6 Å². The van der Waals surface area contributed by atoms with Crippen LogP contribution in [0.5, 0.6) is 5.75 Å². The van der Waals surface area contributed by atoms with Crippen LogP contribution in [-0.4, -0.2) is 23.7 Å². The second-order valence-electron chi connectivity index (χ2n) is 4.31. The number of rotatable bonds is 7. The first-order valence-electron chi connectivity index (χ1n) is 6.41.